The van der Waals surface area contributed by atoms with E-state index in [2.05, 4.69) is 15.6 Å². The second-order valence-corrected chi connectivity index (χ2v) is 4.45. The lowest BCUT2D eigenvalue weighted by molar-refractivity contribution is -0.123. The predicted octanol–water partition coefficient (Wildman–Crippen LogP) is 1.13. The van der Waals surface area contributed by atoms with Gasteiger partial charge in [-0.15, -0.1) is 0 Å². The molecule has 1 rings (SSSR count). The van der Waals surface area contributed by atoms with Gasteiger partial charge < -0.3 is 10.6 Å². The maximum atomic E-state index is 11.6. The molecule has 2 N–H and O–H groups in total. The van der Waals surface area contributed by atoms with E-state index < -0.39 is 0 Å². The van der Waals surface area contributed by atoms with Crippen LogP contribution in [-0.4, -0.2) is 29.5 Å². The van der Waals surface area contributed by atoms with Crippen LogP contribution >= 0.6 is 0 Å². The number of nitrogens with one attached hydrogen (secondary N) is 2. The highest BCUT2D eigenvalue weighted by molar-refractivity contribution is 5.81. The van der Waals surface area contributed by atoms with Gasteiger partial charge in [-0.25, -0.2) is 0 Å². The molecular formula is C13H21N3O. The molecule has 0 spiro atoms. The Kier molecular flexibility index (Phi) is 5.63. The van der Waals surface area contributed by atoms with Crippen molar-refractivity contribution in [2.45, 2.75) is 39.3 Å². The summed E-state index contributed by atoms with van der Waals surface area (Å²) in [4.78, 5) is 15.7. The number of carbonyl (C=O) groups is 1. The van der Waals surface area contributed by atoms with E-state index in [9.17, 15) is 4.79 Å². The molecule has 0 aliphatic heterocycles. The van der Waals surface area contributed by atoms with Crippen LogP contribution in [-0.2, 0) is 11.2 Å². The van der Waals surface area contributed by atoms with E-state index in [1.807, 2.05) is 39.1 Å². The molecule has 0 aliphatic rings. The van der Waals surface area contributed by atoms with Crippen molar-refractivity contribution in [2.75, 3.05) is 6.54 Å². The molecule has 0 radical (unpaired) electrons. The fraction of sp³-hybridized carbons (Fsp3) is 0.538. The molecule has 1 aromatic heterocycles. The number of nitrogens with zero attached hydrogens (tertiary/aromatic N) is 1. The largest absolute Gasteiger partial charge is 0.353 e. The van der Waals surface area contributed by atoms with Gasteiger partial charge in [0.2, 0.25) is 5.91 Å². The molecule has 0 bridgehead atoms. The molecule has 0 aliphatic carbocycles. The molecule has 1 atom stereocenters. The summed E-state index contributed by atoms with van der Waals surface area (Å²) >= 11 is 0. The zero-order valence-corrected chi connectivity index (χ0v) is 10.7. The maximum Gasteiger partial charge on any atom is 0.237 e. The van der Waals surface area contributed by atoms with Crippen LogP contribution in [0.25, 0.3) is 0 Å². The van der Waals surface area contributed by atoms with Crippen molar-refractivity contribution in [1.29, 1.82) is 0 Å². The van der Waals surface area contributed by atoms with Gasteiger partial charge in [-0.1, -0.05) is 6.07 Å². The second-order valence-electron chi connectivity index (χ2n) is 4.45. The Bertz CT molecular complexity index is 338. The summed E-state index contributed by atoms with van der Waals surface area (Å²) in [7, 11) is 0. The highest BCUT2D eigenvalue weighted by Gasteiger charge is 2.12. The van der Waals surface area contributed by atoms with Gasteiger partial charge in [0.15, 0.2) is 0 Å². The van der Waals surface area contributed by atoms with Crippen LogP contribution in [0.1, 0.15) is 26.3 Å². The van der Waals surface area contributed by atoms with E-state index in [-0.39, 0.29) is 18.0 Å². The minimum absolute atomic E-state index is 0.0474. The van der Waals surface area contributed by atoms with E-state index in [1.54, 1.807) is 6.20 Å². The van der Waals surface area contributed by atoms with Gasteiger partial charge in [0.05, 0.1) is 6.04 Å². The minimum atomic E-state index is -0.158. The third-order valence-corrected chi connectivity index (χ3v) is 2.41. The molecule has 4 nitrogen and oxygen atoms in total. The molecule has 17 heavy (non-hydrogen) atoms. The third-order valence-electron chi connectivity index (χ3n) is 2.41. The molecule has 94 valence electrons. The van der Waals surface area contributed by atoms with E-state index >= 15 is 0 Å². The Labute approximate surface area is 103 Å². The van der Waals surface area contributed by atoms with Crippen molar-refractivity contribution in [3.8, 4) is 0 Å². The molecule has 0 fully saturated rings. The normalized spacial score (nSPS) is 12.5. The number of pyridine rings is 1. The number of rotatable bonds is 6. The highest BCUT2D eigenvalue weighted by Crippen LogP contribution is 1.96. The van der Waals surface area contributed by atoms with Crippen LogP contribution in [0, 0.1) is 0 Å². The SMILES string of the molecule is CC(C)NC(=O)C(C)NCCc1cccnc1. The lowest BCUT2D eigenvalue weighted by Gasteiger charge is -2.15. The maximum absolute atomic E-state index is 11.6. The fourth-order valence-electron chi connectivity index (χ4n) is 1.48. The van der Waals surface area contributed by atoms with Crippen LogP contribution in [0.4, 0.5) is 0 Å². The predicted molar refractivity (Wildman–Crippen MR) is 68.7 cm³/mol. The third kappa shape index (κ3) is 5.45. The van der Waals surface area contributed by atoms with Crippen molar-refractivity contribution in [3.05, 3.63) is 30.1 Å². The van der Waals surface area contributed by atoms with Crippen LogP contribution in [0.3, 0.4) is 0 Å². The van der Waals surface area contributed by atoms with Crippen molar-refractivity contribution in [1.82, 2.24) is 15.6 Å². The molecular weight excluding hydrogens is 214 g/mol. The van der Waals surface area contributed by atoms with E-state index in [4.69, 9.17) is 0 Å². The summed E-state index contributed by atoms with van der Waals surface area (Å²) in [5.41, 5.74) is 1.18. The van der Waals surface area contributed by atoms with Crippen LogP contribution in [0.15, 0.2) is 24.5 Å². The minimum Gasteiger partial charge on any atom is -0.353 e. The number of hydrogen-bond acceptors (Lipinski definition) is 3. The van der Waals surface area contributed by atoms with Gasteiger partial charge >= 0.3 is 0 Å². The van der Waals surface area contributed by atoms with Gasteiger partial charge in [-0.3, -0.25) is 9.78 Å². The summed E-state index contributed by atoms with van der Waals surface area (Å²) < 4.78 is 0. The number of amides is 1. The lowest BCUT2D eigenvalue weighted by Crippen LogP contribution is -2.45. The average Bonchev–Trinajstić information content (AvgIpc) is 2.29. The first kappa shape index (κ1) is 13.6. The van der Waals surface area contributed by atoms with Gasteiger partial charge in [0, 0.05) is 18.4 Å². The molecule has 0 saturated heterocycles. The van der Waals surface area contributed by atoms with Crippen molar-refractivity contribution in [3.63, 3.8) is 0 Å². The van der Waals surface area contributed by atoms with Gasteiger partial charge in [-0.2, -0.15) is 0 Å². The van der Waals surface area contributed by atoms with E-state index in [0.717, 1.165) is 13.0 Å². The van der Waals surface area contributed by atoms with Crippen molar-refractivity contribution < 1.29 is 4.79 Å². The van der Waals surface area contributed by atoms with E-state index in [0.29, 0.717) is 0 Å². The quantitative estimate of drug-likeness (QED) is 0.777. The summed E-state index contributed by atoms with van der Waals surface area (Å²) in [6.45, 7) is 6.57. The highest BCUT2D eigenvalue weighted by atomic mass is 16.2. The Morgan fingerprint density at radius 3 is 2.76 bits per heavy atom. The summed E-state index contributed by atoms with van der Waals surface area (Å²) in [6, 6.07) is 3.98. The zero-order valence-electron chi connectivity index (χ0n) is 10.7. The fourth-order valence-corrected chi connectivity index (χ4v) is 1.48. The monoisotopic (exact) mass is 235 g/mol. The first-order chi connectivity index (χ1) is 8.09. The molecule has 4 heteroatoms. The first-order valence-electron chi connectivity index (χ1n) is 6.02. The van der Waals surface area contributed by atoms with Crippen molar-refractivity contribution >= 4 is 5.91 Å². The molecule has 1 unspecified atom stereocenters. The molecule has 0 saturated carbocycles. The van der Waals surface area contributed by atoms with Crippen LogP contribution in [0.2, 0.25) is 0 Å². The smallest absolute Gasteiger partial charge is 0.237 e. The molecule has 0 aromatic carbocycles. The average molecular weight is 235 g/mol. The number of hydrogen-bond donors (Lipinski definition) is 2. The van der Waals surface area contributed by atoms with Crippen LogP contribution in [0.5, 0.6) is 0 Å². The molecule has 1 aromatic rings. The number of aromatic nitrogens is 1. The van der Waals surface area contributed by atoms with E-state index in [1.165, 1.54) is 5.56 Å². The Morgan fingerprint density at radius 1 is 1.41 bits per heavy atom. The van der Waals surface area contributed by atoms with Gasteiger partial charge in [-0.05, 0) is 45.4 Å². The van der Waals surface area contributed by atoms with Crippen LogP contribution < -0.4 is 10.6 Å². The summed E-state index contributed by atoms with van der Waals surface area (Å²) in [6.07, 6.45) is 4.49. The summed E-state index contributed by atoms with van der Waals surface area (Å²) in [5.74, 6) is 0.0474. The standard InChI is InChI=1S/C13H21N3O/c1-10(2)16-13(17)11(3)15-8-6-12-5-4-7-14-9-12/h4-5,7,9-11,15H,6,8H2,1-3H3,(H,16,17). The molecule has 1 heterocycles. The van der Waals surface area contributed by atoms with Gasteiger partial charge in [0.1, 0.15) is 0 Å². The molecule has 1 amide bonds. The zero-order chi connectivity index (χ0) is 12.7. The first-order valence-corrected chi connectivity index (χ1v) is 6.02. The second kappa shape index (κ2) is 7.01. The summed E-state index contributed by atoms with van der Waals surface area (Å²) in [5, 5.41) is 6.07. The topological polar surface area (TPSA) is 54.0 Å². The lowest BCUT2D eigenvalue weighted by atomic mass is 10.2. The van der Waals surface area contributed by atoms with Crippen molar-refractivity contribution in [2.24, 2.45) is 0 Å². The van der Waals surface area contributed by atoms with Gasteiger partial charge in [0.25, 0.3) is 0 Å². The Hall–Kier alpha value is -1.42. The Balaban J connectivity index is 2.24. The Morgan fingerprint density at radius 2 is 2.18 bits per heavy atom. The number of carbonyl (C=O) groups excluding carboxylic acids is 1.